The van der Waals surface area contributed by atoms with Crippen LogP contribution in [0.1, 0.15) is 0 Å². The van der Waals surface area contributed by atoms with Crippen molar-refractivity contribution in [1.29, 1.82) is 0 Å². The Kier molecular flexibility index (Phi) is 43.7. The Morgan fingerprint density at radius 3 is 0.556 bits per heavy atom. The summed E-state index contributed by atoms with van der Waals surface area (Å²) in [6, 6.07) is 0. The zero-order valence-electron chi connectivity index (χ0n) is 3.96. The average Bonchev–Trinajstić information content (AvgIpc) is 0.722. The van der Waals surface area contributed by atoms with Crippen molar-refractivity contribution in [1.82, 2.24) is 0 Å². The molecule has 8 N–H and O–H groups in total. The molecule has 0 unspecified atom stereocenters. The molecule has 9 heavy (non-hydrogen) atoms. The molecule has 0 amide bonds. The third-order valence-corrected chi connectivity index (χ3v) is 0. The molecule has 65 valence electrons. The Balaban J connectivity index is -0.0000000133. The summed E-state index contributed by atoms with van der Waals surface area (Å²) >= 11 is 13.3. The van der Waals surface area contributed by atoms with E-state index < -0.39 is 8.59 Å². The minimum absolute atomic E-state index is 0. The first-order valence-electron chi connectivity index (χ1n) is 0.676. The normalized spacial score (nSPS) is 6.67. The van der Waals surface area contributed by atoms with Crippen LogP contribution in [0.15, 0.2) is 0 Å². The van der Waals surface area contributed by atoms with E-state index in [-0.39, 0.29) is 21.9 Å². The number of hydrogen-bond donors (Lipinski definition) is 0. The number of halogens is 4. The Bertz CT molecular complexity index is 28.0. The number of rotatable bonds is 0. The fraction of sp³-hybridized carbons (Fsp3) is 0. The Labute approximate surface area is 81.4 Å². The Morgan fingerprint density at radius 2 is 0.556 bits per heavy atom. The van der Waals surface area contributed by atoms with Gasteiger partial charge in [0.25, 0.3) is 0 Å². The summed E-state index contributed by atoms with van der Waals surface area (Å²) in [6.45, 7) is 0. The van der Waals surface area contributed by atoms with Crippen LogP contribution in [0.3, 0.4) is 0 Å². The van der Waals surface area contributed by atoms with Gasteiger partial charge in [0.1, 0.15) is 0 Å². The van der Waals surface area contributed by atoms with E-state index in [1.165, 1.54) is 0 Å². The van der Waals surface area contributed by atoms with Gasteiger partial charge in [-0.2, -0.15) is 0 Å². The molecule has 0 aliphatic carbocycles. The van der Waals surface area contributed by atoms with E-state index in [2.05, 4.69) is 52.1 Å². The molecule has 0 aliphatic rings. The standard InChI is InChI=1S/4BrH.Nb.4H2O/h4*1H;;4*1H2/q;;;;+4;;;;/p-4. The van der Waals surface area contributed by atoms with Crippen LogP contribution < -0.4 is 0 Å². The second-order valence-corrected chi connectivity index (χ2v) is 61.2. The van der Waals surface area contributed by atoms with E-state index in [1.807, 2.05) is 0 Å². The summed E-state index contributed by atoms with van der Waals surface area (Å²) in [4.78, 5) is 0. The molecule has 9 heteroatoms. The van der Waals surface area contributed by atoms with Gasteiger partial charge >= 0.3 is 60.7 Å². The fourth-order valence-corrected chi connectivity index (χ4v) is 0. The molecule has 0 aliphatic heterocycles. The first-order valence-corrected chi connectivity index (χ1v) is 20.8. The molecule has 0 aromatic rings. The van der Waals surface area contributed by atoms with Crippen molar-refractivity contribution in [2.24, 2.45) is 0 Å². The maximum absolute atomic E-state index is 3.32. The van der Waals surface area contributed by atoms with Crippen LogP contribution in [0.4, 0.5) is 0 Å². The number of hydrogen-bond acceptors (Lipinski definition) is 0. The van der Waals surface area contributed by atoms with Crippen molar-refractivity contribution in [2.75, 3.05) is 0 Å². The van der Waals surface area contributed by atoms with Crippen molar-refractivity contribution in [3.05, 3.63) is 0 Å². The molecule has 0 saturated carbocycles. The molecule has 0 heterocycles. The summed E-state index contributed by atoms with van der Waals surface area (Å²) in [6.07, 6.45) is 0. The molecule has 0 fully saturated rings. The van der Waals surface area contributed by atoms with Crippen LogP contribution in [0.5, 0.6) is 0 Å². The van der Waals surface area contributed by atoms with Gasteiger partial charge in [-0.05, 0) is 0 Å². The van der Waals surface area contributed by atoms with E-state index in [4.69, 9.17) is 0 Å². The second-order valence-electron chi connectivity index (χ2n) is 0.383. The van der Waals surface area contributed by atoms with Crippen molar-refractivity contribution < 1.29 is 30.5 Å². The Morgan fingerprint density at radius 1 is 0.556 bits per heavy atom. The van der Waals surface area contributed by atoms with Gasteiger partial charge in [0, 0.05) is 0 Å². The topological polar surface area (TPSA) is 126 Å². The van der Waals surface area contributed by atoms with Crippen molar-refractivity contribution in [2.45, 2.75) is 0 Å². The molecule has 0 bridgehead atoms. The van der Waals surface area contributed by atoms with Gasteiger partial charge in [0.15, 0.2) is 0 Å². The van der Waals surface area contributed by atoms with Crippen LogP contribution in [-0.2, 0) is 8.59 Å². The van der Waals surface area contributed by atoms with E-state index >= 15 is 0 Å². The summed E-state index contributed by atoms with van der Waals surface area (Å²) in [5.74, 6) is 0. The van der Waals surface area contributed by atoms with Crippen LogP contribution in [0.2, 0.25) is 0 Å². The maximum atomic E-state index is 3.32. The van der Waals surface area contributed by atoms with Crippen LogP contribution in [0.25, 0.3) is 0 Å². The quantitative estimate of drug-likeness (QED) is 0.432. The fourth-order valence-electron chi connectivity index (χ4n) is 0. The van der Waals surface area contributed by atoms with Crippen LogP contribution >= 0.6 is 52.1 Å². The van der Waals surface area contributed by atoms with Gasteiger partial charge in [0.2, 0.25) is 0 Å². The van der Waals surface area contributed by atoms with Crippen molar-refractivity contribution in [3.63, 3.8) is 0 Å². The molecule has 0 rings (SSSR count). The molecule has 4 nitrogen and oxygen atoms in total. The van der Waals surface area contributed by atoms with Gasteiger partial charge in [-0.3, -0.25) is 0 Å². The predicted octanol–water partition coefficient (Wildman–Crippen LogP) is 0.0811. The molecular weight excluding hydrogens is 477 g/mol. The summed E-state index contributed by atoms with van der Waals surface area (Å²) < 4.78 is 0. The third kappa shape index (κ3) is 121. The minimum atomic E-state index is -1.85. The van der Waals surface area contributed by atoms with Gasteiger partial charge in [0.05, 0.1) is 0 Å². The van der Waals surface area contributed by atoms with Gasteiger partial charge in [-0.25, -0.2) is 0 Å². The Hall–Kier alpha value is 2.50. The SMILES string of the molecule is O.O.O.O.[Br][Nb]([Br])([Br])[Br]. The monoisotopic (exact) mass is 481 g/mol. The molecule has 0 aromatic heterocycles. The first-order chi connectivity index (χ1) is 2.00. The molecular formula is H8Br4NbO4. The molecule has 0 atom stereocenters. The summed E-state index contributed by atoms with van der Waals surface area (Å²) in [7, 11) is -1.85. The van der Waals surface area contributed by atoms with Gasteiger partial charge < -0.3 is 21.9 Å². The van der Waals surface area contributed by atoms with Gasteiger partial charge in [-0.1, -0.05) is 0 Å². The molecule has 0 aromatic carbocycles. The zero-order chi connectivity index (χ0) is 4.50. The summed E-state index contributed by atoms with van der Waals surface area (Å²) in [5, 5.41) is 0. The van der Waals surface area contributed by atoms with E-state index in [0.717, 1.165) is 0 Å². The third-order valence-electron chi connectivity index (χ3n) is 0. The van der Waals surface area contributed by atoms with Crippen molar-refractivity contribution in [3.8, 4) is 0 Å². The molecule has 0 radical (unpaired) electrons. The van der Waals surface area contributed by atoms with Crippen LogP contribution in [-0.4, -0.2) is 21.9 Å². The van der Waals surface area contributed by atoms with Crippen molar-refractivity contribution >= 4 is 52.1 Å². The average molecular weight is 485 g/mol. The van der Waals surface area contributed by atoms with E-state index in [1.54, 1.807) is 0 Å². The molecule has 0 spiro atoms. The zero-order valence-corrected chi connectivity index (χ0v) is 12.5. The van der Waals surface area contributed by atoms with Crippen LogP contribution in [0, 0.1) is 0 Å². The predicted molar refractivity (Wildman–Crippen MR) is 50.2 cm³/mol. The van der Waals surface area contributed by atoms with E-state index in [0.29, 0.717) is 0 Å². The summed E-state index contributed by atoms with van der Waals surface area (Å²) in [5.41, 5.74) is 0. The van der Waals surface area contributed by atoms with Gasteiger partial charge in [-0.15, -0.1) is 0 Å². The van der Waals surface area contributed by atoms with E-state index in [9.17, 15) is 0 Å². The first kappa shape index (κ1) is 30.0. The second kappa shape index (κ2) is 13.1. The molecule has 0 saturated heterocycles.